The van der Waals surface area contributed by atoms with Crippen LogP contribution in [0.25, 0.3) is 0 Å². The SMILES string of the molecule is CC1(C)CCCNC1CNC(=O)c1cscn1. The lowest BCUT2D eigenvalue weighted by molar-refractivity contribution is 0.0924. The minimum Gasteiger partial charge on any atom is -0.349 e. The highest BCUT2D eigenvalue weighted by molar-refractivity contribution is 7.07. The van der Waals surface area contributed by atoms with Crippen molar-refractivity contribution in [3.05, 3.63) is 16.6 Å². The van der Waals surface area contributed by atoms with Crippen LogP contribution in [0.3, 0.4) is 0 Å². The number of carbonyl (C=O) groups is 1. The molecule has 1 saturated heterocycles. The molecule has 1 aromatic heterocycles. The van der Waals surface area contributed by atoms with E-state index in [4.69, 9.17) is 0 Å². The van der Waals surface area contributed by atoms with Gasteiger partial charge in [0.15, 0.2) is 0 Å². The quantitative estimate of drug-likeness (QED) is 0.861. The summed E-state index contributed by atoms with van der Waals surface area (Å²) in [6, 6.07) is 0.346. The lowest BCUT2D eigenvalue weighted by Crippen LogP contribution is -2.52. The molecule has 0 radical (unpaired) electrons. The highest BCUT2D eigenvalue weighted by Crippen LogP contribution is 2.29. The lowest BCUT2D eigenvalue weighted by atomic mass is 9.77. The fraction of sp³-hybridized carbons (Fsp3) is 0.667. The predicted molar refractivity (Wildman–Crippen MR) is 69.3 cm³/mol. The second-order valence-corrected chi connectivity index (χ2v) is 5.90. The molecule has 17 heavy (non-hydrogen) atoms. The number of piperidine rings is 1. The highest BCUT2D eigenvalue weighted by atomic mass is 32.1. The van der Waals surface area contributed by atoms with Crippen LogP contribution in [0.1, 0.15) is 37.2 Å². The summed E-state index contributed by atoms with van der Waals surface area (Å²) in [6.07, 6.45) is 2.42. The molecule has 0 aromatic carbocycles. The van der Waals surface area contributed by atoms with Crippen LogP contribution in [0.4, 0.5) is 0 Å². The van der Waals surface area contributed by atoms with E-state index in [1.165, 1.54) is 24.2 Å². The molecular formula is C12H19N3OS. The molecule has 1 aliphatic rings. The average molecular weight is 253 g/mol. The molecule has 5 heteroatoms. The maximum absolute atomic E-state index is 11.8. The third-order valence-electron chi connectivity index (χ3n) is 3.46. The fourth-order valence-corrected chi connectivity index (χ4v) is 2.76. The number of amides is 1. The summed E-state index contributed by atoms with van der Waals surface area (Å²) in [5, 5.41) is 8.20. The van der Waals surface area contributed by atoms with Gasteiger partial charge in [-0.3, -0.25) is 4.79 Å². The predicted octanol–water partition coefficient (Wildman–Crippen LogP) is 1.65. The first-order valence-corrected chi connectivity index (χ1v) is 6.94. The lowest BCUT2D eigenvalue weighted by Gasteiger charge is -2.39. The van der Waals surface area contributed by atoms with Crippen molar-refractivity contribution in [1.82, 2.24) is 15.6 Å². The van der Waals surface area contributed by atoms with Gasteiger partial charge >= 0.3 is 0 Å². The van der Waals surface area contributed by atoms with Gasteiger partial charge in [0.25, 0.3) is 5.91 Å². The van der Waals surface area contributed by atoms with E-state index >= 15 is 0 Å². The number of aromatic nitrogens is 1. The number of rotatable bonds is 3. The molecule has 4 nitrogen and oxygen atoms in total. The van der Waals surface area contributed by atoms with Crippen molar-refractivity contribution in [1.29, 1.82) is 0 Å². The summed E-state index contributed by atoms with van der Waals surface area (Å²) in [7, 11) is 0. The van der Waals surface area contributed by atoms with E-state index in [0.717, 1.165) is 6.54 Å². The Hall–Kier alpha value is -0.940. The van der Waals surface area contributed by atoms with E-state index < -0.39 is 0 Å². The van der Waals surface area contributed by atoms with Crippen LogP contribution < -0.4 is 10.6 Å². The molecule has 1 aromatic rings. The summed E-state index contributed by atoms with van der Waals surface area (Å²) < 4.78 is 0. The Bertz CT molecular complexity index is 375. The zero-order chi connectivity index (χ0) is 12.3. The zero-order valence-corrected chi connectivity index (χ0v) is 11.1. The molecule has 2 heterocycles. The molecule has 1 atom stereocenters. The Morgan fingerprint density at radius 3 is 3.18 bits per heavy atom. The van der Waals surface area contributed by atoms with Crippen LogP contribution in [0.2, 0.25) is 0 Å². The third-order valence-corrected chi connectivity index (χ3v) is 4.05. The Labute approximate surface area is 106 Å². The largest absolute Gasteiger partial charge is 0.349 e. The van der Waals surface area contributed by atoms with E-state index in [2.05, 4.69) is 29.5 Å². The monoisotopic (exact) mass is 253 g/mol. The highest BCUT2D eigenvalue weighted by Gasteiger charge is 2.32. The van der Waals surface area contributed by atoms with Crippen molar-refractivity contribution < 1.29 is 4.79 Å². The first-order chi connectivity index (χ1) is 8.09. The first-order valence-electron chi connectivity index (χ1n) is 5.99. The van der Waals surface area contributed by atoms with E-state index in [0.29, 0.717) is 18.3 Å². The van der Waals surface area contributed by atoms with Gasteiger partial charge in [-0.1, -0.05) is 13.8 Å². The standard InChI is InChI=1S/C12H19N3OS/c1-12(2)4-3-5-13-10(12)6-14-11(16)9-7-17-8-15-9/h7-8,10,13H,3-6H2,1-2H3,(H,14,16). The first kappa shape index (κ1) is 12.5. The smallest absolute Gasteiger partial charge is 0.270 e. The molecule has 1 unspecified atom stereocenters. The van der Waals surface area contributed by atoms with E-state index in [-0.39, 0.29) is 11.3 Å². The number of nitrogens with zero attached hydrogens (tertiary/aromatic N) is 1. The van der Waals surface area contributed by atoms with Crippen LogP contribution in [-0.2, 0) is 0 Å². The second-order valence-electron chi connectivity index (χ2n) is 5.18. The molecule has 94 valence electrons. The Kier molecular flexibility index (Phi) is 3.79. The van der Waals surface area contributed by atoms with Crippen molar-refractivity contribution in [2.24, 2.45) is 5.41 Å². The van der Waals surface area contributed by atoms with Gasteiger partial charge < -0.3 is 10.6 Å². The molecule has 1 fully saturated rings. The fourth-order valence-electron chi connectivity index (χ4n) is 2.23. The maximum atomic E-state index is 11.8. The van der Waals surface area contributed by atoms with Gasteiger partial charge in [-0.05, 0) is 24.8 Å². The molecule has 2 rings (SSSR count). The van der Waals surface area contributed by atoms with Crippen LogP contribution in [0.5, 0.6) is 0 Å². The number of hydrogen-bond acceptors (Lipinski definition) is 4. The normalized spacial score (nSPS) is 23.3. The minimum absolute atomic E-state index is 0.0746. The van der Waals surface area contributed by atoms with Gasteiger partial charge in [-0.25, -0.2) is 4.98 Å². The maximum Gasteiger partial charge on any atom is 0.270 e. The number of carbonyl (C=O) groups excluding carboxylic acids is 1. The van der Waals surface area contributed by atoms with Crippen LogP contribution in [0, 0.1) is 5.41 Å². The van der Waals surface area contributed by atoms with E-state index in [9.17, 15) is 4.79 Å². The molecule has 0 aliphatic carbocycles. The van der Waals surface area contributed by atoms with Gasteiger partial charge in [0, 0.05) is 18.0 Å². The molecule has 0 bridgehead atoms. The summed E-state index contributed by atoms with van der Waals surface area (Å²) in [6.45, 7) is 6.21. The van der Waals surface area contributed by atoms with Crippen LogP contribution in [-0.4, -0.2) is 30.0 Å². The van der Waals surface area contributed by atoms with Gasteiger partial charge in [-0.15, -0.1) is 11.3 Å². The molecule has 2 N–H and O–H groups in total. The molecule has 0 spiro atoms. The number of hydrogen-bond donors (Lipinski definition) is 2. The van der Waals surface area contributed by atoms with Crippen molar-refractivity contribution in [3.8, 4) is 0 Å². The topological polar surface area (TPSA) is 54.0 Å². The zero-order valence-electron chi connectivity index (χ0n) is 10.3. The van der Waals surface area contributed by atoms with E-state index in [1.54, 1.807) is 10.9 Å². The number of thiazole rings is 1. The molecule has 1 aliphatic heterocycles. The Morgan fingerprint density at radius 1 is 1.71 bits per heavy atom. The van der Waals surface area contributed by atoms with Crippen LogP contribution >= 0.6 is 11.3 Å². The van der Waals surface area contributed by atoms with Crippen LogP contribution in [0.15, 0.2) is 10.9 Å². The summed E-state index contributed by atoms with van der Waals surface area (Å²) in [5.41, 5.74) is 2.44. The summed E-state index contributed by atoms with van der Waals surface area (Å²) >= 11 is 1.44. The van der Waals surface area contributed by atoms with Crippen molar-refractivity contribution >= 4 is 17.2 Å². The Morgan fingerprint density at radius 2 is 2.53 bits per heavy atom. The molecule has 1 amide bonds. The molecular weight excluding hydrogens is 234 g/mol. The van der Waals surface area contributed by atoms with Gasteiger partial charge in [0.2, 0.25) is 0 Å². The minimum atomic E-state index is -0.0746. The summed E-state index contributed by atoms with van der Waals surface area (Å²) in [5.74, 6) is -0.0746. The van der Waals surface area contributed by atoms with Crippen molar-refractivity contribution in [3.63, 3.8) is 0 Å². The average Bonchev–Trinajstić information content (AvgIpc) is 2.80. The molecule has 0 saturated carbocycles. The third kappa shape index (κ3) is 3.04. The van der Waals surface area contributed by atoms with E-state index in [1.807, 2.05) is 0 Å². The van der Waals surface area contributed by atoms with Crippen molar-refractivity contribution in [2.45, 2.75) is 32.7 Å². The van der Waals surface area contributed by atoms with Crippen molar-refractivity contribution in [2.75, 3.05) is 13.1 Å². The van der Waals surface area contributed by atoms with Gasteiger partial charge in [-0.2, -0.15) is 0 Å². The summed E-state index contributed by atoms with van der Waals surface area (Å²) in [4.78, 5) is 15.8. The second kappa shape index (κ2) is 5.14. The Balaban J connectivity index is 1.87. The van der Waals surface area contributed by atoms with Gasteiger partial charge in [0.1, 0.15) is 5.69 Å². The number of nitrogens with one attached hydrogen (secondary N) is 2. The van der Waals surface area contributed by atoms with Gasteiger partial charge in [0.05, 0.1) is 5.51 Å².